The van der Waals surface area contributed by atoms with Crippen LogP contribution >= 0.6 is 0 Å². The molecule has 9 heavy (non-hydrogen) atoms. The van der Waals surface area contributed by atoms with Crippen LogP contribution in [-0.4, -0.2) is 22.1 Å². The van der Waals surface area contributed by atoms with Gasteiger partial charge in [0.1, 0.15) is 0 Å². The van der Waals surface area contributed by atoms with Crippen molar-refractivity contribution >= 4 is 4.15 Å². The van der Waals surface area contributed by atoms with Crippen LogP contribution in [0, 0.1) is 0 Å². The van der Waals surface area contributed by atoms with E-state index in [1.165, 1.54) is 51.7 Å². The summed E-state index contributed by atoms with van der Waals surface area (Å²) in [6, 6.07) is 0. The standard InChI is InChI=1S/C6H12N2.W/c7-6-8-4-2-1-3-5-8;/h1-5,7H2;. The zero-order valence-corrected chi connectivity index (χ0v) is 8.40. The van der Waals surface area contributed by atoms with Gasteiger partial charge in [0, 0.05) is 0 Å². The maximum absolute atomic E-state index is 5.65. The Balaban J connectivity index is 2.31. The molecular weight excluding hydrogens is 284 g/mol. The molecule has 52 valence electrons. The van der Waals surface area contributed by atoms with Crippen molar-refractivity contribution in [3.63, 3.8) is 0 Å². The van der Waals surface area contributed by atoms with E-state index >= 15 is 0 Å². The van der Waals surface area contributed by atoms with Crippen molar-refractivity contribution in [1.29, 1.82) is 0 Å². The van der Waals surface area contributed by atoms with E-state index in [9.17, 15) is 0 Å². The molecule has 0 aliphatic carbocycles. The first kappa shape index (κ1) is 7.58. The van der Waals surface area contributed by atoms with Gasteiger partial charge in [0.15, 0.2) is 0 Å². The molecule has 0 saturated carbocycles. The van der Waals surface area contributed by atoms with Crippen LogP contribution in [0.15, 0.2) is 0 Å². The average Bonchev–Trinajstić information content (AvgIpc) is 1.90. The van der Waals surface area contributed by atoms with E-state index in [1.807, 2.05) is 0 Å². The third-order valence-corrected chi connectivity index (χ3v) is 2.60. The molecule has 0 bridgehead atoms. The molecule has 1 aliphatic heterocycles. The van der Waals surface area contributed by atoms with E-state index in [4.69, 9.17) is 5.73 Å². The molecule has 0 amide bonds. The van der Waals surface area contributed by atoms with E-state index in [-0.39, 0.29) is 0 Å². The van der Waals surface area contributed by atoms with E-state index in [1.54, 1.807) is 0 Å². The zero-order chi connectivity index (χ0) is 6.69. The molecule has 1 aliphatic rings. The summed E-state index contributed by atoms with van der Waals surface area (Å²) in [5, 5.41) is 0. The van der Waals surface area contributed by atoms with Gasteiger partial charge in [-0.2, -0.15) is 0 Å². The van der Waals surface area contributed by atoms with Gasteiger partial charge in [0.2, 0.25) is 0 Å². The second kappa shape index (κ2) is 3.60. The summed E-state index contributed by atoms with van der Waals surface area (Å²) in [6.45, 7) is 2.38. The van der Waals surface area contributed by atoms with Crippen LogP contribution in [0.1, 0.15) is 19.3 Å². The van der Waals surface area contributed by atoms with Crippen molar-refractivity contribution in [3.8, 4) is 0 Å². The minimum absolute atomic E-state index is 1.06. The molecule has 1 fully saturated rings. The Bertz CT molecular complexity index is 108. The molecule has 0 unspecified atom stereocenters. The molecule has 0 aromatic rings. The number of nitrogens with zero attached hydrogens (tertiary/aromatic N) is 1. The number of hydrogen-bond acceptors (Lipinski definition) is 2. The number of rotatable bonds is 1. The fourth-order valence-corrected chi connectivity index (χ4v) is 1.77. The molecule has 0 atom stereocenters. The topological polar surface area (TPSA) is 29.3 Å². The molecule has 0 radical (unpaired) electrons. The van der Waals surface area contributed by atoms with E-state index < -0.39 is 0 Å². The van der Waals surface area contributed by atoms with Crippen molar-refractivity contribution < 1.29 is 19.4 Å². The van der Waals surface area contributed by atoms with Crippen molar-refractivity contribution in [2.75, 3.05) is 13.1 Å². The quantitative estimate of drug-likeness (QED) is 0.742. The monoisotopic (exact) mass is 296 g/mol. The minimum atomic E-state index is 1.06. The van der Waals surface area contributed by atoms with E-state index in [2.05, 4.69) is 4.90 Å². The summed E-state index contributed by atoms with van der Waals surface area (Å²) in [7, 11) is 0. The molecule has 2 nitrogen and oxygen atoms in total. The molecule has 2 N–H and O–H groups in total. The molecule has 1 rings (SSSR count). The van der Waals surface area contributed by atoms with Gasteiger partial charge in [-0.15, -0.1) is 0 Å². The molecule has 0 aromatic carbocycles. The van der Waals surface area contributed by atoms with Crippen molar-refractivity contribution in [2.24, 2.45) is 5.73 Å². The third kappa shape index (κ3) is 2.29. The summed E-state index contributed by atoms with van der Waals surface area (Å²) in [5.74, 6) is 0. The van der Waals surface area contributed by atoms with Crippen LogP contribution < -0.4 is 5.73 Å². The van der Waals surface area contributed by atoms with E-state index in [0.29, 0.717) is 0 Å². The summed E-state index contributed by atoms with van der Waals surface area (Å²) in [5.41, 5.74) is 5.65. The molecule has 0 aromatic heterocycles. The third-order valence-electron chi connectivity index (χ3n) is 1.67. The number of piperidine rings is 1. The van der Waals surface area contributed by atoms with Crippen LogP contribution in [0.2, 0.25) is 0 Å². The fraction of sp³-hybridized carbons (Fsp3) is 0.833. The van der Waals surface area contributed by atoms with E-state index in [0.717, 1.165) is 4.15 Å². The summed E-state index contributed by atoms with van der Waals surface area (Å²) >= 11 is 1.41. The number of nitrogens with two attached hydrogens (primary N) is 1. The first-order chi connectivity index (χ1) is 4.30. The molecule has 3 heteroatoms. The van der Waals surface area contributed by atoms with Crippen LogP contribution in [-0.2, 0) is 19.4 Å². The molecule has 1 saturated heterocycles. The predicted molar refractivity (Wildman–Crippen MR) is 34.6 cm³/mol. The van der Waals surface area contributed by atoms with Crippen molar-refractivity contribution in [3.05, 3.63) is 0 Å². The first-order valence-corrected chi connectivity index (χ1v) is 4.82. The SMILES string of the molecule is N[C](=[W])N1CCCCC1. The van der Waals surface area contributed by atoms with Crippen LogP contribution in [0.25, 0.3) is 0 Å². The van der Waals surface area contributed by atoms with Crippen LogP contribution in [0.4, 0.5) is 0 Å². The summed E-state index contributed by atoms with van der Waals surface area (Å²) < 4.78 is 1.06. The van der Waals surface area contributed by atoms with Crippen LogP contribution in [0.5, 0.6) is 0 Å². The maximum atomic E-state index is 5.65. The summed E-state index contributed by atoms with van der Waals surface area (Å²) in [4.78, 5) is 2.29. The van der Waals surface area contributed by atoms with Gasteiger partial charge < -0.3 is 0 Å². The second-order valence-electron chi connectivity index (χ2n) is 2.39. The average molecular weight is 296 g/mol. The Labute approximate surface area is 66.8 Å². The molecular formula is C6H12N2W. The fourth-order valence-electron chi connectivity index (χ4n) is 1.11. The first-order valence-electron chi connectivity index (χ1n) is 3.35. The molecule has 0 spiro atoms. The van der Waals surface area contributed by atoms with Gasteiger partial charge >= 0.3 is 66.5 Å². The van der Waals surface area contributed by atoms with Gasteiger partial charge in [0.05, 0.1) is 0 Å². The van der Waals surface area contributed by atoms with Gasteiger partial charge in [-0.1, -0.05) is 0 Å². The summed E-state index contributed by atoms with van der Waals surface area (Å²) in [6.07, 6.45) is 4.04. The number of likely N-dealkylation sites (tertiary alicyclic amines) is 1. The Morgan fingerprint density at radius 2 is 1.78 bits per heavy atom. The van der Waals surface area contributed by atoms with Gasteiger partial charge in [-0.3, -0.25) is 0 Å². The normalized spacial score (nSPS) is 21.9. The number of hydrogen-bond donors (Lipinski definition) is 1. The van der Waals surface area contributed by atoms with Crippen molar-refractivity contribution in [1.82, 2.24) is 4.90 Å². The van der Waals surface area contributed by atoms with Crippen LogP contribution in [0.3, 0.4) is 0 Å². The second-order valence-corrected chi connectivity index (χ2v) is 3.89. The Kier molecular flexibility index (Phi) is 3.03. The van der Waals surface area contributed by atoms with Gasteiger partial charge in [-0.05, 0) is 0 Å². The van der Waals surface area contributed by atoms with Crippen molar-refractivity contribution in [2.45, 2.75) is 19.3 Å². The Morgan fingerprint density at radius 3 is 2.11 bits per heavy atom. The Morgan fingerprint density at radius 1 is 1.22 bits per heavy atom. The zero-order valence-electron chi connectivity index (χ0n) is 5.47. The Hall–Kier alpha value is 0.478. The predicted octanol–water partition coefficient (Wildman–Crippen LogP) is 0.0652. The van der Waals surface area contributed by atoms with Gasteiger partial charge in [-0.25, -0.2) is 0 Å². The van der Waals surface area contributed by atoms with Gasteiger partial charge in [0.25, 0.3) is 0 Å². The molecule has 1 heterocycles.